The number of rotatable bonds is 8. The third-order valence-electron chi connectivity index (χ3n) is 4.08. The zero-order chi connectivity index (χ0) is 13.9. The smallest absolute Gasteiger partial charge is 0.00733 e. The molecule has 108 valence electrons. The van der Waals surface area contributed by atoms with E-state index in [0.717, 1.165) is 12.3 Å². The molecule has 1 fully saturated rings. The third-order valence-corrected chi connectivity index (χ3v) is 4.08. The van der Waals surface area contributed by atoms with E-state index >= 15 is 0 Å². The summed E-state index contributed by atoms with van der Waals surface area (Å²) in [7, 11) is 0. The Hall–Kier alpha value is -0.820. The van der Waals surface area contributed by atoms with Crippen LogP contribution >= 0.6 is 0 Å². The Bertz CT molecular complexity index is 295. The van der Waals surface area contributed by atoms with Gasteiger partial charge in [-0.3, -0.25) is 0 Å². The van der Waals surface area contributed by atoms with E-state index in [1.807, 2.05) is 6.08 Å². The molecule has 1 nitrogen and oxygen atoms in total. The fourth-order valence-corrected chi connectivity index (χ4v) is 2.66. The van der Waals surface area contributed by atoms with Crippen LogP contribution in [-0.4, -0.2) is 12.6 Å². The Balaban J connectivity index is 2.07. The second-order valence-corrected chi connectivity index (χ2v) is 5.93. The van der Waals surface area contributed by atoms with Crippen LogP contribution in [0, 0.1) is 5.92 Å². The van der Waals surface area contributed by atoms with Gasteiger partial charge in [0.15, 0.2) is 0 Å². The lowest BCUT2D eigenvalue weighted by atomic mass is 9.87. The van der Waals surface area contributed by atoms with Gasteiger partial charge in [-0.25, -0.2) is 0 Å². The standard InChI is InChI=1S/C18H31N/c1-4-16(2)10-8-9-11-17(3)19-15-14-18-12-6-5-7-13-18/h4,8-10,17-19H,1,5-7,11-15H2,2-3H3/b9-8+,16-10-. The minimum absolute atomic E-state index is 0.581. The van der Waals surface area contributed by atoms with Crippen LogP contribution in [0.2, 0.25) is 0 Å². The average Bonchev–Trinajstić information content (AvgIpc) is 2.44. The van der Waals surface area contributed by atoms with Crippen LogP contribution in [0.4, 0.5) is 0 Å². The molecule has 1 N–H and O–H groups in total. The molecule has 0 amide bonds. The Morgan fingerprint density at radius 2 is 2.05 bits per heavy atom. The number of hydrogen-bond donors (Lipinski definition) is 1. The summed E-state index contributed by atoms with van der Waals surface area (Å²) in [5.41, 5.74) is 1.22. The molecule has 0 bridgehead atoms. The Kier molecular flexibility index (Phi) is 8.57. The number of nitrogens with one attached hydrogen (secondary N) is 1. The van der Waals surface area contributed by atoms with Gasteiger partial charge in [-0.2, -0.15) is 0 Å². The molecule has 0 spiro atoms. The SMILES string of the molecule is C=C/C(C)=C\C=C\CC(C)NCCC1CCCCC1. The van der Waals surface area contributed by atoms with Crippen LogP contribution in [-0.2, 0) is 0 Å². The maximum absolute atomic E-state index is 3.74. The van der Waals surface area contributed by atoms with Crippen molar-refractivity contribution in [2.24, 2.45) is 5.92 Å². The van der Waals surface area contributed by atoms with Crippen LogP contribution in [0.1, 0.15) is 58.8 Å². The van der Waals surface area contributed by atoms with Crippen molar-refractivity contribution in [3.05, 3.63) is 36.5 Å². The lowest BCUT2D eigenvalue weighted by Crippen LogP contribution is -2.28. The van der Waals surface area contributed by atoms with Crippen molar-refractivity contribution >= 4 is 0 Å². The number of hydrogen-bond acceptors (Lipinski definition) is 1. The summed E-state index contributed by atoms with van der Waals surface area (Å²) < 4.78 is 0. The molecule has 19 heavy (non-hydrogen) atoms. The van der Waals surface area contributed by atoms with Gasteiger partial charge in [0.05, 0.1) is 0 Å². The van der Waals surface area contributed by atoms with E-state index < -0.39 is 0 Å². The molecular weight excluding hydrogens is 230 g/mol. The van der Waals surface area contributed by atoms with Crippen LogP contribution < -0.4 is 5.32 Å². The van der Waals surface area contributed by atoms with Crippen molar-refractivity contribution < 1.29 is 0 Å². The van der Waals surface area contributed by atoms with Crippen LogP contribution in [0.3, 0.4) is 0 Å². The maximum atomic E-state index is 3.74. The lowest BCUT2D eigenvalue weighted by molar-refractivity contribution is 0.329. The molecule has 1 heteroatoms. The summed E-state index contributed by atoms with van der Waals surface area (Å²) in [5, 5.41) is 3.64. The van der Waals surface area contributed by atoms with E-state index in [9.17, 15) is 0 Å². The van der Waals surface area contributed by atoms with Gasteiger partial charge in [0, 0.05) is 6.04 Å². The molecule has 0 heterocycles. The van der Waals surface area contributed by atoms with Crippen molar-refractivity contribution in [3.63, 3.8) is 0 Å². The molecular formula is C18H31N. The highest BCUT2D eigenvalue weighted by Crippen LogP contribution is 2.25. The van der Waals surface area contributed by atoms with E-state index in [2.05, 4.69) is 44.0 Å². The molecule has 1 rings (SSSR count). The fraction of sp³-hybridized carbons (Fsp3) is 0.667. The second kappa shape index (κ2) is 10.0. The van der Waals surface area contributed by atoms with Gasteiger partial charge in [0.2, 0.25) is 0 Å². The molecule has 0 aromatic heterocycles. The van der Waals surface area contributed by atoms with E-state index in [-0.39, 0.29) is 0 Å². The molecule has 0 radical (unpaired) electrons. The first-order chi connectivity index (χ1) is 9.22. The summed E-state index contributed by atoms with van der Waals surface area (Å²) in [6, 6.07) is 0.581. The Labute approximate surface area is 119 Å². The molecule has 1 aliphatic rings. The Morgan fingerprint density at radius 1 is 1.32 bits per heavy atom. The van der Waals surface area contributed by atoms with Gasteiger partial charge < -0.3 is 5.32 Å². The maximum Gasteiger partial charge on any atom is 0.00733 e. The van der Waals surface area contributed by atoms with E-state index in [0.29, 0.717) is 6.04 Å². The molecule has 1 atom stereocenters. The zero-order valence-corrected chi connectivity index (χ0v) is 12.8. The monoisotopic (exact) mass is 261 g/mol. The Morgan fingerprint density at radius 3 is 2.74 bits per heavy atom. The van der Waals surface area contributed by atoms with Gasteiger partial charge in [0.1, 0.15) is 0 Å². The third kappa shape index (κ3) is 8.05. The van der Waals surface area contributed by atoms with Crippen molar-refractivity contribution in [3.8, 4) is 0 Å². The van der Waals surface area contributed by atoms with Crippen molar-refractivity contribution in [2.45, 2.75) is 64.8 Å². The van der Waals surface area contributed by atoms with Crippen molar-refractivity contribution in [2.75, 3.05) is 6.54 Å². The summed E-state index contributed by atoms with van der Waals surface area (Å²) in [5.74, 6) is 0.988. The first-order valence-corrected chi connectivity index (χ1v) is 7.91. The molecule has 0 saturated heterocycles. The molecule has 0 aromatic carbocycles. The minimum Gasteiger partial charge on any atom is -0.314 e. The van der Waals surface area contributed by atoms with Crippen LogP contribution in [0.15, 0.2) is 36.5 Å². The first kappa shape index (κ1) is 16.2. The molecule has 0 aromatic rings. The number of allylic oxidation sites excluding steroid dienone is 4. The van der Waals surface area contributed by atoms with Crippen LogP contribution in [0.25, 0.3) is 0 Å². The van der Waals surface area contributed by atoms with Gasteiger partial charge in [-0.05, 0) is 39.2 Å². The average molecular weight is 261 g/mol. The van der Waals surface area contributed by atoms with Crippen molar-refractivity contribution in [1.29, 1.82) is 0 Å². The molecule has 1 unspecified atom stereocenters. The van der Waals surface area contributed by atoms with Crippen LogP contribution in [0.5, 0.6) is 0 Å². The quantitative estimate of drug-likeness (QED) is 0.605. The van der Waals surface area contributed by atoms with E-state index in [1.54, 1.807) is 0 Å². The highest BCUT2D eigenvalue weighted by Gasteiger charge is 2.12. The van der Waals surface area contributed by atoms with E-state index in [4.69, 9.17) is 0 Å². The summed E-state index contributed by atoms with van der Waals surface area (Å²) >= 11 is 0. The summed E-state index contributed by atoms with van der Waals surface area (Å²) in [6.45, 7) is 9.27. The first-order valence-electron chi connectivity index (χ1n) is 7.91. The molecule has 1 aliphatic carbocycles. The summed E-state index contributed by atoms with van der Waals surface area (Å²) in [4.78, 5) is 0. The van der Waals surface area contributed by atoms with Gasteiger partial charge in [-0.15, -0.1) is 0 Å². The fourth-order valence-electron chi connectivity index (χ4n) is 2.66. The topological polar surface area (TPSA) is 12.0 Å². The van der Waals surface area contributed by atoms with E-state index in [1.165, 1.54) is 50.6 Å². The highest BCUT2D eigenvalue weighted by molar-refractivity contribution is 5.19. The van der Waals surface area contributed by atoms with Crippen molar-refractivity contribution in [1.82, 2.24) is 5.32 Å². The normalized spacial score (nSPS) is 19.8. The second-order valence-electron chi connectivity index (χ2n) is 5.93. The van der Waals surface area contributed by atoms with Gasteiger partial charge in [0.25, 0.3) is 0 Å². The minimum atomic E-state index is 0.581. The zero-order valence-electron chi connectivity index (χ0n) is 12.8. The van der Waals surface area contributed by atoms with Gasteiger partial charge >= 0.3 is 0 Å². The predicted molar refractivity (Wildman–Crippen MR) is 86.4 cm³/mol. The largest absolute Gasteiger partial charge is 0.314 e. The van der Waals surface area contributed by atoms with Gasteiger partial charge in [-0.1, -0.05) is 68.6 Å². The predicted octanol–water partition coefficient (Wildman–Crippen LogP) is 5.01. The lowest BCUT2D eigenvalue weighted by Gasteiger charge is -2.22. The highest BCUT2D eigenvalue weighted by atomic mass is 14.9. The molecule has 0 aliphatic heterocycles. The summed E-state index contributed by atoms with van der Waals surface area (Å²) in [6.07, 6.45) is 18.1. The molecule has 1 saturated carbocycles.